The number of nitrogens with zero attached hydrogens (tertiary/aromatic N) is 2. The molecule has 0 saturated carbocycles. The number of hydrazone groups is 1. The molecule has 4 aromatic rings. The van der Waals surface area contributed by atoms with Crippen molar-refractivity contribution in [2.45, 2.75) is 12.1 Å². The first-order valence-electron chi connectivity index (χ1n) is 9.19. The average Bonchev–Trinajstić information content (AvgIpc) is 3.17. The molecule has 1 aromatic heterocycles. The number of carbonyl (C=O) groups excluding carboxylic acids is 1. The van der Waals surface area contributed by atoms with Crippen LogP contribution in [-0.4, -0.2) is 29.5 Å². The van der Waals surface area contributed by atoms with Crippen LogP contribution in [0, 0.1) is 0 Å². The number of carbonyl (C=O) groups is 1. The van der Waals surface area contributed by atoms with E-state index in [4.69, 9.17) is 9.15 Å². The molecule has 6 nitrogen and oxygen atoms in total. The molecule has 0 saturated heterocycles. The monoisotopic (exact) mass is 405 g/mol. The highest BCUT2D eigenvalue weighted by molar-refractivity contribution is 7.99. The predicted molar refractivity (Wildman–Crippen MR) is 116 cm³/mol. The summed E-state index contributed by atoms with van der Waals surface area (Å²) in [5.41, 5.74) is 4.86. The summed E-state index contributed by atoms with van der Waals surface area (Å²) in [5, 5.41) is 6.67. The van der Waals surface area contributed by atoms with Crippen LogP contribution in [-0.2, 0) is 4.79 Å². The molecule has 4 rings (SSSR count). The maximum absolute atomic E-state index is 12.1. The Balaban J connectivity index is 1.42. The van der Waals surface area contributed by atoms with E-state index in [1.807, 2.05) is 67.6 Å². The van der Waals surface area contributed by atoms with Gasteiger partial charge in [-0.3, -0.25) is 4.79 Å². The van der Waals surface area contributed by atoms with Crippen LogP contribution in [0.4, 0.5) is 0 Å². The van der Waals surface area contributed by atoms with Crippen molar-refractivity contribution < 1.29 is 13.9 Å². The number of thioether (sulfide) groups is 1. The van der Waals surface area contributed by atoms with Crippen LogP contribution in [0.25, 0.3) is 21.9 Å². The van der Waals surface area contributed by atoms with Gasteiger partial charge in [-0.25, -0.2) is 10.4 Å². The molecule has 1 amide bonds. The summed E-state index contributed by atoms with van der Waals surface area (Å²) in [7, 11) is 0. The van der Waals surface area contributed by atoms with Gasteiger partial charge in [0.2, 0.25) is 0 Å². The van der Waals surface area contributed by atoms with Gasteiger partial charge in [-0.2, -0.15) is 5.10 Å². The molecule has 0 bridgehead atoms. The van der Waals surface area contributed by atoms with E-state index >= 15 is 0 Å². The van der Waals surface area contributed by atoms with Gasteiger partial charge >= 0.3 is 0 Å². The number of benzene rings is 3. The van der Waals surface area contributed by atoms with Crippen LogP contribution in [0.2, 0.25) is 0 Å². The summed E-state index contributed by atoms with van der Waals surface area (Å²) in [6, 6.07) is 19.4. The number of aromatic nitrogens is 1. The van der Waals surface area contributed by atoms with Gasteiger partial charge in [0, 0.05) is 5.56 Å². The Labute approximate surface area is 172 Å². The van der Waals surface area contributed by atoms with Gasteiger partial charge in [-0.1, -0.05) is 54.2 Å². The zero-order chi connectivity index (χ0) is 20.1. The molecule has 146 valence electrons. The largest absolute Gasteiger partial charge is 0.493 e. The number of hydrogen-bond acceptors (Lipinski definition) is 6. The number of nitrogens with one attached hydrogen (secondary N) is 1. The van der Waals surface area contributed by atoms with Crippen molar-refractivity contribution in [1.29, 1.82) is 0 Å². The topological polar surface area (TPSA) is 76.7 Å². The third-order valence-corrected chi connectivity index (χ3v) is 5.04. The minimum absolute atomic E-state index is 0.151. The van der Waals surface area contributed by atoms with Crippen LogP contribution in [0.15, 0.2) is 75.4 Å². The van der Waals surface area contributed by atoms with E-state index in [1.54, 1.807) is 6.21 Å². The van der Waals surface area contributed by atoms with Crippen molar-refractivity contribution in [1.82, 2.24) is 10.4 Å². The van der Waals surface area contributed by atoms with Gasteiger partial charge < -0.3 is 9.15 Å². The maximum atomic E-state index is 12.1. The van der Waals surface area contributed by atoms with Crippen molar-refractivity contribution in [3.8, 4) is 5.75 Å². The molecule has 0 unspecified atom stereocenters. The minimum atomic E-state index is -0.244. The number of oxazole rings is 1. The SMILES string of the molecule is CCOc1ccc2ccccc2c1/C=N/NC(=O)CSc1nc2ccccc2o1. The van der Waals surface area contributed by atoms with Gasteiger partial charge in [0.05, 0.1) is 18.6 Å². The number of amides is 1. The summed E-state index contributed by atoms with van der Waals surface area (Å²) in [6.07, 6.45) is 1.62. The third-order valence-electron chi connectivity index (χ3n) is 4.21. The van der Waals surface area contributed by atoms with Gasteiger partial charge in [0.15, 0.2) is 5.58 Å². The van der Waals surface area contributed by atoms with Gasteiger partial charge in [0.1, 0.15) is 11.3 Å². The molecule has 0 radical (unpaired) electrons. The van der Waals surface area contributed by atoms with E-state index < -0.39 is 0 Å². The Bertz CT molecular complexity index is 1150. The highest BCUT2D eigenvalue weighted by Crippen LogP contribution is 2.27. The molecule has 29 heavy (non-hydrogen) atoms. The number of ether oxygens (including phenoxy) is 1. The highest BCUT2D eigenvalue weighted by Gasteiger charge is 2.09. The second-order valence-electron chi connectivity index (χ2n) is 6.16. The van der Waals surface area contributed by atoms with Crippen LogP contribution in [0.3, 0.4) is 0 Å². The lowest BCUT2D eigenvalue weighted by atomic mass is 10.0. The zero-order valence-electron chi connectivity index (χ0n) is 15.8. The van der Waals surface area contributed by atoms with Gasteiger partial charge in [0.25, 0.3) is 11.1 Å². The lowest BCUT2D eigenvalue weighted by Gasteiger charge is -2.10. The molecule has 1 N–H and O–H groups in total. The zero-order valence-corrected chi connectivity index (χ0v) is 16.6. The van der Waals surface area contributed by atoms with Crippen molar-refractivity contribution in [3.63, 3.8) is 0 Å². The Morgan fingerprint density at radius 1 is 1.17 bits per heavy atom. The molecule has 0 aliphatic heterocycles. The molecular weight excluding hydrogens is 386 g/mol. The molecular formula is C22H19N3O3S. The molecule has 0 aliphatic rings. The fraction of sp³-hybridized carbons (Fsp3) is 0.136. The van der Waals surface area contributed by atoms with Crippen LogP contribution in [0.5, 0.6) is 5.75 Å². The van der Waals surface area contributed by atoms with E-state index in [-0.39, 0.29) is 11.7 Å². The fourth-order valence-electron chi connectivity index (χ4n) is 2.93. The van der Waals surface area contributed by atoms with Crippen LogP contribution >= 0.6 is 11.8 Å². The second-order valence-corrected chi connectivity index (χ2v) is 7.09. The van der Waals surface area contributed by atoms with E-state index in [0.29, 0.717) is 17.4 Å². The Morgan fingerprint density at radius 3 is 2.86 bits per heavy atom. The number of fused-ring (bicyclic) bond motifs is 2. The highest BCUT2D eigenvalue weighted by atomic mass is 32.2. The molecule has 0 atom stereocenters. The molecule has 3 aromatic carbocycles. The van der Waals surface area contributed by atoms with Crippen molar-refractivity contribution in [3.05, 3.63) is 66.2 Å². The smallest absolute Gasteiger partial charge is 0.257 e. The van der Waals surface area contributed by atoms with Crippen LogP contribution < -0.4 is 10.2 Å². The van der Waals surface area contributed by atoms with Crippen molar-refractivity contribution >= 4 is 45.8 Å². The number of para-hydroxylation sites is 2. The van der Waals surface area contributed by atoms with Crippen molar-refractivity contribution in [2.24, 2.45) is 5.10 Å². The van der Waals surface area contributed by atoms with E-state index in [1.165, 1.54) is 11.8 Å². The van der Waals surface area contributed by atoms with E-state index in [9.17, 15) is 4.79 Å². The van der Waals surface area contributed by atoms with Crippen molar-refractivity contribution in [2.75, 3.05) is 12.4 Å². The minimum Gasteiger partial charge on any atom is -0.493 e. The summed E-state index contributed by atoms with van der Waals surface area (Å²) < 4.78 is 11.3. The summed E-state index contributed by atoms with van der Waals surface area (Å²) in [5.74, 6) is 0.634. The quantitative estimate of drug-likeness (QED) is 0.276. The second kappa shape index (κ2) is 8.79. The molecule has 1 heterocycles. The number of rotatable bonds is 7. The number of hydrogen-bond donors (Lipinski definition) is 1. The Kier molecular flexibility index (Phi) is 5.76. The van der Waals surface area contributed by atoms with E-state index in [2.05, 4.69) is 15.5 Å². The average molecular weight is 405 g/mol. The molecule has 7 heteroatoms. The molecule has 0 spiro atoms. The lowest BCUT2D eigenvalue weighted by molar-refractivity contribution is -0.118. The normalized spacial score (nSPS) is 11.3. The fourth-order valence-corrected chi connectivity index (χ4v) is 3.56. The summed E-state index contributed by atoms with van der Waals surface area (Å²) >= 11 is 1.23. The summed E-state index contributed by atoms with van der Waals surface area (Å²) in [4.78, 5) is 16.5. The molecule has 0 aliphatic carbocycles. The molecule has 0 fully saturated rings. The third kappa shape index (κ3) is 4.41. The first-order chi connectivity index (χ1) is 14.2. The standard InChI is InChI=1S/C22H19N3O3S/c1-2-27-19-12-11-15-7-3-4-8-16(15)17(19)13-23-25-21(26)14-29-22-24-18-9-5-6-10-20(18)28-22/h3-13H,2,14H2,1H3,(H,25,26)/b23-13+. The Hall–Kier alpha value is -3.32. The maximum Gasteiger partial charge on any atom is 0.257 e. The Morgan fingerprint density at radius 2 is 2.00 bits per heavy atom. The van der Waals surface area contributed by atoms with Gasteiger partial charge in [-0.05, 0) is 35.9 Å². The first-order valence-corrected chi connectivity index (χ1v) is 10.2. The lowest BCUT2D eigenvalue weighted by Crippen LogP contribution is -2.19. The van der Waals surface area contributed by atoms with Crippen LogP contribution in [0.1, 0.15) is 12.5 Å². The van der Waals surface area contributed by atoms with E-state index in [0.717, 1.165) is 27.6 Å². The summed E-state index contributed by atoms with van der Waals surface area (Å²) in [6.45, 7) is 2.48. The predicted octanol–water partition coefficient (Wildman–Crippen LogP) is 4.62. The first kappa shape index (κ1) is 19.0. The van der Waals surface area contributed by atoms with Gasteiger partial charge in [-0.15, -0.1) is 0 Å².